The Hall–Kier alpha value is -4.00. The minimum atomic E-state index is -0.401. The summed E-state index contributed by atoms with van der Waals surface area (Å²) >= 11 is 0. The van der Waals surface area contributed by atoms with Crippen molar-refractivity contribution in [2.24, 2.45) is 0 Å². The first-order valence-electron chi connectivity index (χ1n) is 10.4. The third-order valence-electron chi connectivity index (χ3n) is 4.70. The zero-order chi connectivity index (χ0) is 22.9. The van der Waals surface area contributed by atoms with E-state index in [1.165, 1.54) is 0 Å². The Bertz CT molecular complexity index is 1050. The predicted octanol–water partition coefficient (Wildman–Crippen LogP) is 4.73. The lowest BCUT2D eigenvalue weighted by atomic mass is 10.1. The predicted molar refractivity (Wildman–Crippen MR) is 129 cm³/mol. The fourth-order valence-electron chi connectivity index (χ4n) is 3.15. The number of hydrogen-bond donors (Lipinski definition) is 3. The Labute approximate surface area is 188 Å². The lowest BCUT2D eigenvalue weighted by molar-refractivity contribution is 0.0951. The largest absolute Gasteiger partial charge is 0.494 e. The topological polar surface area (TPSA) is 82.7 Å². The zero-order valence-electron chi connectivity index (χ0n) is 18.5. The molecule has 0 aliphatic carbocycles. The molecule has 3 N–H and O–H groups in total. The van der Waals surface area contributed by atoms with Crippen molar-refractivity contribution >= 4 is 29.0 Å². The molecule has 7 heteroatoms. The van der Waals surface area contributed by atoms with Gasteiger partial charge in [-0.3, -0.25) is 4.79 Å². The zero-order valence-corrected chi connectivity index (χ0v) is 18.5. The summed E-state index contributed by atoms with van der Waals surface area (Å²) in [5.74, 6) is 0.525. The molecule has 32 heavy (non-hydrogen) atoms. The van der Waals surface area contributed by atoms with Gasteiger partial charge in [0.05, 0.1) is 12.2 Å². The molecule has 0 fully saturated rings. The lowest BCUT2D eigenvalue weighted by Crippen LogP contribution is -2.26. The summed E-state index contributed by atoms with van der Waals surface area (Å²) in [4.78, 5) is 27.2. The number of benzene rings is 3. The van der Waals surface area contributed by atoms with Crippen LogP contribution in [0, 0.1) is 0 Å². The third kappa shape index (κ3) is 6.25. The molecule has 0 unspecified atom stereocenters. The summed E-state index contributed by atoms with van der Waals surface area (Å²) in [5.41, 5.74) is 3.40. The Morgan fingerprint density at radius 3 is 2.19 bits per heavy atom. The maximum absolute atomic E-state index is 12.9. The summed E-state index contributed by atoms with van der Waals surface area (Å²) < 4.78 is 5.41. The Balaban J connectivity index is 1.68. The quantitative estimate of drug-likeness (QED) is 0.481. The minimum Gasteiger partial charge on any atom is -0.494 e. The first-order chi connectivity index (χ1) is 15.5. The molecule has 0 aliphatic rings. The average molecular weight is 433 g/mol. The molecule has 0 spiro atoms. The number of ether oxygens (including phenoxy) is 1. The van der Waals surface area contributed by atoms with Gasteiger partial charge in [0.15, 0.2) is 0 Å². The summed E-state index contributed by atoms with van der Waals surface area (Å²) in [6.07, 6.45) is 0. The molecular weight excluding hydrogens is 404 g/mol. The van der Waals surface area contributed by atoms with Crippen molar-refractivity contribution in [3.8, 4) is 5.75 Å². The van der Waals surface area contributed by atoms with E-state index in [-0.39, 0.29) is 5.91 Å². The highest BCUT2D eigenvalue weighted by Gasteiger charge is 2.15. The fraction of sp³-hybridized carbons (Fsp3) is 0.200. The van der Waals surface area contributed by atoms with E-state index >= 15 is 0 Å². The average Bonchev–Trinajstić information content (AvgIpc) is 2.79. The number of amides is 3. The molecule has 3 aromatic rings. The summed E-state index contributed by atoms with van der Waals surface area (Å²) in [7, 11) is 3.74. The van der Waals surface area contributed by atoms with Crippen LogP contribution in [0.15, 0.2) is 72.8 Å². The Morgan fingerprint density at radius 2 is 1.53 bits per heavy atom. The number of nitrogens with zero attached hydrogens (tertiary/aromatic N) is 1. The van der Waals surface area contributed by atoms with Crippen LogP contribution in [0.3, 0.4) is 0 Å². The second-order valence-electron chi connectivity index (χ2n) is 7.33. The van der Waals surface area contributed by atoms with Gasteiger partial charge < -0.3 is 25.6 Å². The van der Waals surface area contributed by atoms with Crippen LogP contribution < -0.4 is 25.6 Å². The second-order valence-corrected chi connectivity index (χ2v) is 7.33. The number of anilines is 3. The molecule has 0 saturated carbocycles. The molecule has 3 aromatic carbocycles. The van der Waals surface area contributed by atoms with E-state index in [1.54, 1.807) is 36.4 Å². The van der Waals surface area contributed by atoms with Crippen molar-refractivity contribution < 1.29 is 14.3 Å². The van der Waals surface area contributed by atoms with E-state index in [0.717, 1.165) is 17.0 Å². The van der Waals surface area contributed by atoms with Gasteiger partial charge in [0.1, 0.15) is 5.75 Å². The van der Waals surface area contributed by atoms with Crippen molar-refractivity contribution in [1.82, 2.24) is 5.32 Å². The van der Waals surface area contributed by atoms with Crippen molar-refractivity contribution in [3.05, 3.63) is 83.9 Å². The highest BCUT2D eigenvalue weighted by molar-refractivity contribution is 6.03. The monoisotopic (exact) mass is 432 g/mol. The number of carbonyl (C=O) groups excluding carboxylic acids is 2. The maximum Gasteiger partial charge on any atom is 0.323 e. The molecule has 7 nitrogen and oxygen atoms in total. The molecule has 3 rings (SSSR count). The number of hydrogen-bond acceptors (Lipinski definition) is 4. The maximum atomic E-state index is 12.9. The molecule has 0 aliphatic heterocycles. The molecule has 0 saturated heterocycles. The molecule has 0 atom stereocenters. The Kier molecular flexibility index (Phi) is 7.70. The van der Waals surface area contributed by atoms with Crippen LogP contribution in [-0.2, 0) is 6.54 Å². The van der Waals surface area contributed by atoms with Gasteiger partial charge in [-0.25, -0.2) is 4.79 Å². The van der Waals surface area contributed by atoms with Crippen LogP contribution in [-0.4, -0.2) is 32.6 Å². The molecule has 0 radical (unpaired) electrons. The van der Waals surface area contributed by atoms with Gasteiger partial charge in [-0.2, -0.15) is 0 Å². The van der Waals surface area contributed by atoms with Crippen LogP contribution in [0.4, 0.5) is 21.9 Å². The molecule has 166 valence electrons. The van der Waals surface area contributed by atoms with Gasteiger partial charge >= 0.3 is 6.03 Å². The summed E-state index contributed by atoms with van der Waals surface area (Å²) in [5, 5.41) is 8.50. The fourth-order valence-corrected chi connectivity index (χ4v) is 3.15. The van der Waals surface area contributed by atoms with Crippen LogP contribution in [0.25, 0.3) is 0 Å². The van der Waals surface area contributed by atoms with E-state index in [9.17, 15) is 9.59 Å². The van der Waals surface area contributed by atoms with E-state index in [2.05, 4.69) is 16.0 Å². The smallest absolute Gasteiger partial charge is 0.323 e. The molecule has 3 amide bonds. The van der Waals surface area contributed by atoms with Crippen LogP contribution in [0.1, 0.15) is 22.8 Å². The van der Waals surface area contributed by atoms with Crippen LogP contribution in [0.2, 0.25) is 0 Å². The third-order valence-corrected chi connectivity index (χ3v) is 4.70. The van der Waals surface area contributed by atoms with Crippen molar-refractivity contribution in [2.45, 2.75) is 13.5 Å². The van der Waals surface area contributed by atoms with Crippen molar-refractivity contribution in [3.63, 3.8) is 0 Å². The van der Waals surface area contributed by atoms with Crippen molar-refractivity contribution in [2.75, 3.05) is 36.2 Å². The molecule has 0 aromatic heterocycles. The standard InChI is InChI=1S/C25H28N4O3/c1-4-32-21-13-10-19(11-14-21)27-25(31)28-20-12-15-23(29(2)3)22(16-20)24(30)26-17-18-8-6-5-7-9-18/h5-16H,4,17H2,1-3H3,(H,26,30)(H2,27,28,31). The van der Waals surface area contributed by atoms with E-state index in [1.807, 2.05) is 62.3 Å². The summed E-state index contributed by atoms with van der Waals surface area (Å²) in [6.45, 7) is 2.91. The molecule has 0 bridgehead atoms. The van der Waals surface area contributed by atoms with E-state index in [4.69, 9.17) is 4.74 Å². The molecule has 0 heterocycles. The minimum absolute atomic E-state index is 0.215. The summed E-state index contributed by atoms with van der Waals surface area (Å²) in [6, 6.07) is 21.7. The van der Waals surface area contributed by atoms with Crippen molar-refractivity contribution in [1.29, 1.82) is 0 Å². The van der Waals surface area contributed by atoms with Crippen LogP contribution in [0.5, 0.6) is 5.75 Å². The first-order valence-corrected chi connectivity index (χ1v) is 10.4. The molecular formula is C25H28N4O3. The van der Waals surface area contributed by atoms with Gasteiger partial charge in [0, 0.05) is 37.7 Å². The Morgan fingerprint density at radius 1 is 0.875 bits per heavy atom. The van der Waals surface area contributed by atoms with E-state index in [0.29, 0.717) is 30.1 Å². The van der Waals surface area contributed by atoms with Gasteiger partial charge in [-0.1, -0.05) is 30.3 Å². The highest BCUT2D eigenvalue weighted by Crippen LogP contribution is 2.23. The second kappa shape index (κ2) is 10.9. The van der Waals surface area contributed by atoms with Gasteiger partial charge in [-0.15, -0.1) is 0 Å². The first kappa shape index (κ1) is 22.7. The van der Waals surface area contributed by atoms with Gasteiger partial charge in [0.2, 0.25) is 0 Å². The lowest BCUT2D eigenvalue weighted by Gasteiger charge is -2.19. The van der Waals surface area contributed by atoms with Crippen LogP contribution >= 0.6 is 0 Å². The number of carbonyl (C=O) groups is 2. The number of rotatable bonds is 8. The number of urea groups is 1. The SMILES string of the molecule is CCOc1ccc(NC(=O)Nc2ccc(N(C)C)c(C(=O)NCc3ccccc3)c2)cc1. The normalized spacial score (nSPS) is 10.2. The highest BCUT2D eigenvalue weighted by atomic mass is 16.5. The van der Waals surface area contributed by atoms with Gasteiger partial charge in [-0.05, 0) is 55.0 Å². The number of nitrogens with one attached hydrogen (secondary N) is 3. The van der Waals surface area contributed by atoms with Gasteiger partial charge in [0.25, 0.3) is 5.91 Å². The van der Waals surface area contributed by atoms with E-state index < -0.39 is 6.03 Å².